The molecular weight excluding hydrogens is 258 g/mol. The van der Waals surface area contributed by atoms with E-state index in [1.54, 1.807) is 0 Å². The molecule has 1 aromatic rings. The molecular formula is C19H31NO. The predicted octanol–water partition coefficient (Wildman–Crippen LogP) is 5.25. The van der Waals surface area contributed by atoms with Gasteiger partial charge in [0.2, 0.25) is 0 Å². The van der Waals surface area contributed by atoms with E-state index in [1.807, 2.05) is 0 Å². The summed E-state index contributed by atoms with van der Waals surface area (Å²) in [5, 5.41) is 0. The molecule has 1 atom stereocenters. The maximum absolute atomic E-state index is 6.33. The van der Waals surface area contributed by atoms with E-state index in [4.69, 9.17) is 10.5 Å². The van der Waals surface area contributed by atoms with Gasteiger partial charge in [-0.25, -0.2) is 0 Å². The van der Waals surface area contributed by atoms with Crippen molar-refractivity contribution in [3.8, 4) is 0 Å². The lowest BCUT2D eigenvalue weighted by Gasteiger charge is -2.13. The number of hydrogen-bond acceptors (Lipinski definition) is 2. The lowest BCUT2D eigenvalue weighted by atomic mass is 9.97. The van der Waals surface area contributed by atoms with Crippen molar-refractivity contribution in [2.24, 2.45) is 5.73 Å². The zero-order valence-electron chi connectivity index (χ0n) is 13.6. The van der Waals surface area contributed by atoms with Gasteiger partial charge in [0.05, 0.1) is 13.2 Å². The number of ether oxygens (including phenoxy) is 1. The Kier molecular flexibility index (Phi) is 7.25. The molecule has 1 aromatic carbocycles. The molecule has 0 spiro atoms. The molecule has 0 fully saturated rings. The van der Waals surface area contributed by atoms with Crippen LogP contribution in [0.3, 0.4) is 0 Å². The Morgan fingerprint density at radius 3 is 2.38 bits per heavy atom. The van der Waals surface area contributed by atoms with E-state index in [9.17, 15) is 0 Å². The molecule has 1 unspecified atom stereocenters. The minimum Gasteiger partial charge on any atom is -0.372 e. The van der Waals surface area contributed by atoms with E-state index in [0.717, 1.165) is 19.6 Å². The van der Waals surface area contributed by atoms with E-state index < -0.39 is 0 Å². The second kappa shape index (κ2) is 9.22. The minimum absolute atomic E-state index is 0.191. The Morgan fingerprint density at radius 2 is 1.62 bits per heavy atom. The first kappa shape index (κ1) is 16.5. The third-order valence-corrected chi connectivity index (χ3v) is 4.54. The summed E-state index contributed by atoms with van der Waals surface area (Å²) in [5.41, 5.74) is 10.3. The second-order valence-electron chi connectivity index (χ2n) is 6.39. The molecule has 1 aliphatic rings. The van der Waals surface area contributed by atoms with E-state index in [1.165, 1.54) is 68.1 Å². The van der Waals surface area contributed by atoms with Crippen molar-refractivity contribution >= 4 is 0 Å². The second-order valence-corrected chi connectivity index (χ2v) is 6.39. The SMILES string of the molecule is CCCCCCCCCCC(N)c1ccc2c(c1)COC2. The van der Waals surface area contributed by atoms with Crippen LogP contribution in [-0.4, -0.2) is 0 Å². The van der Waals surface area contributed by atoms with Crippen LogP contribution in [0.25, 0.3) is 0 Å². The average Bonchev–Trinajstić information content (AvgIpc) is 2.97. The molecule has 21 heavy (non-hydrogen) atoms. The normalized spacial score (nSPS) is 15.1. The summed E-state index contributed by atoms with van der Waals surface area (Å²) in [7, 11) is 0. The van der Waals surface area contributed by atoms with Gasteiger partial charge in [0.25, 0.3) is 0 Å². The van der Waals surface area contributed by atoms with Gasteiger partial charge >= 0.3 is 0 Å². The first-order valence-electron chi connectivity index (χ1n) is 8.76. The molecule has 0 amide bonds. The Bertz CT molecular complexity index is 416. The largest absolute Gasteiger partial charge is 0.372 e. The lowest BCUT2D eigenvalue weighted by Crippen LogP contribution is -2.10. The summed E-state index contributed by atoms with van der Waals surface area (Å²) in [5.74, 6) is 0. The quantitative estimate of drug-likeness (QED) is 0.597. The summed E-state index contributed by atoms with van der Waals surface area (Å²) >= 11 is 0. The summed E-state index contributed by atoms with van der Waals surface area (Å²) in [6.07, 6.45) is 12.0. The van der Waals surface area contributed by atoms with Crippen molar-refractivity contribution in [2.75, 3.05) is 0 Å². The third kappa shape index (κ3) is 5.44. The van der Waals surface area contributed by atoms with Crippen molar-refractivity contribution in [3.05, 3.63) is 34.9 Å². The summed E-state index contributed by atoms with van der Waals surface area (Å²) in [4.78, 5) is 0. The maximum atomic E-state index is 6.33. The highest BCUT2D eigenvalue weighted by molar-refractivity contribution is 5.34. The molecule has 1 aliphatic heterocycles. The van der Waals surface area contributed by atoms with E-state index >= 15 is 0 Å². The predicted molar refractivity (Wildman–Crippen MR) is 89.1 cm³/mol. The van der Waals surface area contributed by atoms with Crippen molar-refractivity contribution in [1.82, 2.24) is 0 Å². The molecule has 118 valence electrons. The first-order valence-corrected chi connectivity index (χ1v) is 8.76. The molecule has 1 heterocycles. The van der Waals surface area contributed by atoms with Crippen LogP contribution in [0, 0.1) is 0 Å². The fourth-order valence-corrected chi connectivity index (χ4v) is 3.09. The fraction of sp³-hybridized carbons (Fsp3) is 0.684. The number of benzene rings is 1. The van der Waals surface area contributed by atoms with Crippen molar-refractivity contribution in [1.29, 1.82) is 0 Å². The number of rotatable bonds is 10. The van der Waals surface area contributed by atoms with Crippen LogP contribution in [0.1, 0.15) is 87.4 Å². The van der Waals surface area contributed by atoms with Crippen LogP contribution in [0.2, 0.25) is 0 Å². The van der Waals surface area contributed by atoms with E-state index in [2.05, 4.69) is 25.1 Å². The van der Waals surface area contributed by atoms with E-state index in [-0.39, 0.29) is 6.04 Å². The smallest absolute Gasteiger partial charge is 0.0725 e. The van der Waals surface area contributed by atoms with Gasteiger partial charge in [-0.1, -0.05) is 76.5 Å². The minimum atomic E-state index is 0.191. The zero-order chi connectivity index (χ0) is 14.9. The summed E-state index contributed by atoms with van der Waals surface area (Å²) in [6, 6.07) is 6.81. The molecule has 0 bridgehead atoms. The number of unbranched alkanes of at least 4 members (excludes halogenated alkanes) is 7. The Labute approximate surface area is 130 Å². The van der Waals surface area contributed by atoms with Crippen molar-refractivity contribution < 1.29 is 4.74 Å². The van der Waals surface area contributed by atoms with Crippen LogP contribution >= 0.6 is 0 Å². The van der Waals surface area contributed by atoms with Crippen LogP contribution in [-0.2, 0) is 18.0 Å². The Morgan fingerprint density at radius 1 is 0.952 bits per heavy atom. The molecule has 0 saturated heterocycles. The van der Waals surface area contributed by atoms with Gasteiger partial charge in [-0.2, -0.15) is 0 Å². The molecule has 0 radical (unpaired) electrons. The molecule has 2 N–H and O–H groups in total. The average molecular weight is 289 g/mol. The van der Waals surface area contributed by atoms with Crippen LogP contribution < -0.4 is 5.73 Å². The number of hydrogen-bond donors (Lipinski definition) is 1. The maximum Gasteiger partial charge on any atom is 0.0725 e. The first-order chi connectivity index (χ1) is 10.3. The number of nitrogens with two attached hydrogens (primary N) is 1. The van der Waals surface area contributed by atoms with Gasteiger partial charge in [-0.05, 0) is 23.1 Å². The topological polar surface area (TPSA) is 35.2 Å². The van der Waals surface area contributed by atoms with Crippen LogP contribution in [0.15, 0.2) is 18.2 Å². The van der Waals surface area contributed by atoms with Gasteiger partial charge in [0.1, 0.15) is 0 Å². The zero-order valence-corrected chi connectivity index (χ0v) is 13.6. The molecule has 2 nitrogen and oxygen atoms in total. The van der Waals surface area contributed by atoms with Gasteiger partial charge in [-0.3, -0.25) is 0 Å². The Balaban J connectivity index is 1.60. The van der Waals surface area contributed by atoms with Gasteiger partial charge in [-0.15, -0.1) is 0 Å². The van der Waals surface area contributed by atoms with Crippen molar-refractivity contribution in [2.45, 2.75) is 84.0 Å². The lowest BCUT2D eigenvalue weighted by molar-refractivity contribution is 0.134. The van der Waals surface area contributed by atoms with Crippen LogP contribution in [0.5, 0.6) is 0 Å². The monoisotopic (exact) mass is 289 g/mol. The highest BCUT2D eigenvalue weighted by Gasteiger charge is 2.13. The standard InChI is InChI=1S/C19H31NO/c1-2-3-4-5-6-7-8-9-10-19(20)16-11-12-17-14-21-15-18(17)13-16/h11-13,19H,2-10,14-15,20H2,1H3. The highest BCUT2D eigenvalue weighted by Crippen LogP contribution is 2.25. The van der Waals surface area contributed by atoms with E-state index in [0.29, 0.717) is 0 Å². The molecule has 0 saturated carbocycles. The van der Waals surface area contributed by atoms with Gasteiger partial charge in [0.15, 0.2) is 0 Å². The summed E-state index contributed by atoms with van der Waals surface area (Å²) < 4.78 is 5.46. The molecule has 2 heteroatoms. The summed E-state index contributed by atoms with van der Waals surface area (Å²) in [6.45, 7) is 3.79. The number of fused-ring (bicyclic) bond motifs is 1. The van der Waals surface area contributed by atoms with Gasteiger partial charge < -0.3 is 10.5 Å². The third-order valence-electron chi connectivity index (χ3n) is 4.54. The van der Waals surface area contributed by atoms with Crippen molar-refractivity contribution in [3.63, 3.8) is 0 Å². The molecule has 0 aliphatic carbocycles. The molecule has 2 rings (SSSR count). The van der Waals surface area contributed by atoms with Gasteiger partial charge in [0, 0.05) is 6.04 Å². The molecule has 0 aromatic heterocycles. The Hall–Kier alpha value is -0.860. The van der Waals surface area contributed by atoms with Crippen LogP contribution in [0.4, 0.5) is 0 Å². The fourth-order valence-electron chi connectivity index (χ4n) is 3.09. The highest BCUT2D eigenvalue weighted by atomic mass is 16.5.